The zero-order chi connectivity index (χ0) is 12.8. The quantitative estimate of drug-likeness (QED) is 0.298. The summed E-state index contributed by atoms with van der Waals surface area (Å²) in [6.07, 6.45) is 0.228. The SMILES string of the molecule is CO[Si](OC)(OCOCC1CO1)c1ccccc1. The van der Waals surface area contributed by atoms with Crippen LogP contribution >= 0.6 is 0 Å². The topological polar surface area (TPSA) is 49.5 Å². The monoisotopic (exact) mass is 270 g/mol. The van der Waals surface area contributed by atoms with E-state index in [4.69, 9.17) is 22.8 Å². The normalized spacial score (nSPS) is 18.9. The van der Waals surface area contributed by atoms with Gasteiger partial charge in [0.1, 0.15) is 12.9 Å². The van der Waals surface area contributed by atoms with Crippen molar-refractivity contribution in [3.63, 3.8) is 0 Å². The molecule has 18 heavy (non-hydrogen) atoms. The van der Waals surface area contributed by atoms with E-state index < -0.39 is 8.80 Å². The highest BCUT2D eigenvalue weighted by Crippen LogP contribution is 2.11. The predicted molar refractivity (Wildman–Crippen MR) is 67.5 cm³/mol. The van der Waals surface area contributed by atoms with Crippen molar-refractivity contribution in [3.8, 4) is 0 Å². The molecule has 1 fully saturated rings. The first-order chi connectivity index (χ1) is 8.80. The summed E-state index contributed by atoms with van der Waals surface area (Å²) in [5.41, 5.74) is 0. The lowest BCUT2D eigenvalue weighted by molar-refractivity contribution is -0.0314. The van der Waals surface area contributed by atoms with Gasteiger partial charge in [-0.3, -0.25) is 0 Å². The minimum absolute atomic E-state index is 0.142. The summed E-state index contributed by atoms with van der Waals surface area (Å²) in [7, 11) is 0.343. The molecule has 1 aromatic carbocycles. The molecule has 1 aliphatic heterocycles. The molecular weight excluding hydrogens is 252 g/mol. The second-order valence-corrected chi connectivity index (χ2v) is 6.71. The van der Waals surface area contributed by atoms with Crippen LogP contribution in [-0.4, -0.2) is 49.1 Å². The van der Waals surface area contributed by atoms with Gasteiger partial charge in [-0.25, -0.2) is 0 Å². The van der Waals surface area contributed by atoms with Gasteiger partial charge >= 0.3 is 8.80 Å². The maximum absolute atomic E-state index is 5.71. The Kier molecular flexibility index (Phi) is 4.87. The molecule has 0 bridgehead atoms. The molecule has 0 aliphatic carbocycles. The number of ether oxygens (including phenoxy) is 2. The molecule has 6 heteroatoms. The molecule has 1 unspecified atom stereocenters. The van der Waals surface area contributed by atoms with Crippen LogP contribution in [0.15, 0.2) is 30.3 Å². The van der Waals surface area contributed by atoms with Gasteiger partial charge in [0.05, 0.1) is 13.2 Å². The van der Waals surface area contributed by atoms with E-state index in [0.29, 0.717) is 6.61 Å². The molecule has 0 N–H and O–H groups in total. The molecule has 1 saturated heterocycles. The first-order valence-electron chi connectivity index (χ1n) is 5.80. The van der Waals surface area contributed by atoms with Gasteiger partial charge in [-0.2, -0.15) is 0 Å². The van der Waals surface area contributed by atoms with E-state index in [0.717, 1.165) is 11.8 Å². The number of epoxide rings is 1. The van der Waals surface area contributed by atoms with Gasteiger partial charge in [-0.1, -0.05) is 30.3 Å². The van der Waals surface area contributed by atoms with Crippen molar-refractivity contribution >= 4 is 14.0 Å². The summed E-state index contributed by atoms with van der Waals surface area (Å²) < 4.78 is 27.1. The molecule has 1 aromatic rings. The van der Waals surface area contributed by atoms with Gasteiger partial charge in [-0.05, 0) is 0 Å². The van der Waals surface area contributed by atoms with Crippen molar-refractivity contribution in [2.45, 2.75) is 6.10 Å². The summed E-state index contributed by atoms with van der Waals surface area (Å²) in [6.45, 7) is 1.46. The van der Waals surface area contributed by atoms with Crippen LogP contribution in [0.3, 0.4) is 0 Å². The molecule has 0 spiro atoms. The number of hydrogen-bond acceptors (Lipinski definition) is 5. The van der Waals surface area contributed by atoms with E-state index in [2.05, 4.69) is 0 Å². The number of rotatable bonds is 8. The fraction of sp³-hybridized carbons (Fsp3) is 0.500. The van der Waals surface area contributed by atoms with Crippen LogP contribution in [0.1, 0.15) is 0 Å². The smallest absolute Gasteiger partial charge is 0.373 e. The predicted octanol–water partition coefficient (Wildman–Crippen LogP) is 0.515. The van der Waals surface area contributed by atoms with E-state index in [-0.39, 0.29) is 12.9 Å². The molecule has 2 rings (SSSR count). The van der Waals surface area contributed by atoms with E-state index in [1.165, 1.54) is 0 Å². The van der Waals surface area contributed by atoms with Gasteiger partial charge in [-0.15, -0.1) is 0 Å². The summed E-state index contributed by atoms with van der Waals surface area (Å²) in [6, 6.07) is 9.66. The molecule has 0 amide bonds. The molecule has 100 valence electrons. The Morgan fingerprint density at radius 1 is 1.22 bits per heavy atom. The van der Waals surface area contributed by atoms with Crippen molar-refractivity contribution in [1.29, 1.82) is 0 Å². The maximum Gasteiger partial charge on any atom is 0.538 e. The van der Waals surface area contributed by atoms with Crippen molar-refractivity contribution < 1.29 is 22.8 Å². The minimum atomic E-state index is -2.84. The Morgan fingerprint density at radius 2 is 1.89 bits per heavy atom. The van der Waals surface area contributed by atoms with Crippen LogP contribution in [0.5, 0.6) is 0 Å². The number of benzene rings is 1. The molecule has 1 aliphatic rings. The average molecular weight is 270 g/mol. The largest absolute Gasteiger partial charge is 0.538 e. The fourth-order valence-corrected chi connectivity index (χ4v) is 3.51. The highest BCUT2D eigenvalue weighted by atomic mass is 28.4. The molecule has 1 heterocycles. The van der Waals surface area contributed by atoms with E-state index >= 15 is 0 Å². The molecule has 1 atom stereocenters. The third-order valence-electron chi connectivity index (χ3n) is 2.70. The summed E-state index contributed by atoms with van der Waals surface area (Å²) in [5, 5.41) is 0.918. The summed E-state index contributed by atoms with van der Waals surface area (Å²) in [4.78, 5) is 0. The average Bonchev–Trinajstić information content (AvgIpc) is 3.25. The maximum atomic E-state index is 5.71. The van der Waals surface area contributed by atoms with Crippen LogP contribution in [0.2, 0.25) is 0 Å². The van der Waals surface area contributed by atoms with E-state index in [1.54, 1.807) is 14.2 Å². The Labute approximate surface area is 108 Å². The lowest BCUT2D eigenvalue weighted by Gasteiger charge is -2.26. The van der Waals surface area contributed by atoms with Gasteiger partial charge in [0, 0.05) is 19.4 Å². The first kappa shape index (κ1) is 13.7. The highest BCUT2D eigenvalue weighted by Gasteiger charge is 2.42. The van der Waals surface area contributed by atoms with Crippen LogP contribution in [-0.2, 0) is 22.8 Å². The number of hydrogen-bond donors (Lipinski definition) is 0. The van der Waals surface area contributed by atoms with Gasteiger partial charge in [0.15, 0.2) is 0 Å². The molecular formula is C12H18O5Si. The zero-order valence-corrected chi connectivity index (χ0v) is 11.6. The fourth-order valence-electron chi connectivity index (χ4n) is 1.63. The van der Waals surface area contributed by atoms with Gasteiger partial charge in [0.2, 0.25) is 0 Å². The van der Waals surface area contributed by atoms with Crippen LogP contribution in [0, 0.1) is 0 Å². The first-order valence-corrected chi connectivity index (χ1v) is 7.52. The second kappa shape index (κ2) is 6.42. The van der Waals surface area contributed by atoms with Crippen LogP contribution in [0.25, 0.3) is 0 Å². The third-order valence-corrected chi connectivity index (χ3v) is 5.32. The summed E-state index contributed by atoms with van der Waals surface area (Å²) >= 11 is 0. The zero-order valence-electron chi connectivity index (χ0n) is 10.6. The Morgan fingerprint density at radius 3 is 2.44 bits per heavy atom. The third kappa shape index (κ3) is 3.38. The lowest BCUT2D eigenvalue weighted by Crippen LogP contribution is -2.55. The van der Waals surface area contributed by atoms with Crippen molar-refractivity contribution in [1.82, 2.24) is 0 Å². The summed E-state index contributed by atoms with van der Waals surface area (Å²) in [5.74, 6) is 0. The van der Waals surface area contributed by atoms with Crippen LogP contribution in [0.4, 0.5) is 0 Å². The van der Waals surface area contributed by atoms with E-state index in [1.807, 2.05) is 30.3 Å². The molecule has 5 nitrogen and oxygen atoms in total. The van der Waals surface area contributed by atoms with Crippen molar-refractivity contribution in [2.75, 3.05) is 34.2 Å². The Balaban J connectivity index is 1.92. The molecule has 0 radical (unpaired) electrons. The van der Waals surface area contributed by atoms with Gasteiger partial charge < -0.3 is 22.8 Å². The van der Waals surface area contributed by atoms with Crippen LogP contribution < -0.4 is 5.19 Å². The highest BCUT2D eigenvalue weighted by molar-refractivity contribution is 6.75. The molecule has 0 saturated carbocycles. The van der Waals surface area contributed by atoms with E-state index in [9.17, 15) is 0 Å². The van der Waals surface area contributed by atoms with Crippen molar-refractivity contribution in [2.24, 2.45) is 0 Å². The van der Waals surface area contributed by atoms with Gasteiger partial charge in [0.25, 0.3) is 0 Å². The Hall–Kier alpha value is -0.763. The molecule has 0 aromatic heterocycles. The standard InChI is InChI=1S/C12H18O5Si/c1-13-18(14-2,12-6-4-3-5-7-12)17-10-15-8-11-9-16-11/h3-7,11H,8-10H2,1-2H3. The van der Waals surface area contributed by atoms with Crippen molar-refractivity contribution in [3.05, 3.63) is 30.3 Å². The lowest BCUT2D eigenvalue weighted by atomic mass is 10.4. The minimum Gasteiger partial charge on any atom is -0.373 e. The second-order valence-electron chi connectivity index (χ2n) is 3.92. The Bertz CT molecular complexity index is 351.